The molecule has 0 atom stereocenters. The van der Waals surface area contributed by atoms with E-state index in [0.717, 1.165) is 0 Å². The number of nitrogens with one attached hydrogen (secondary N) is 1. The Morgan fingerprint density at radius 2 is 1.36 bits per heavy atom. The first-order chi connectivity index (χ1) is 6.29. The second-order valence-corrected chi connectivity index (χ2v) is 2.78. The van der Waals surface area contributed by atoms with Crippen LogP contribution in [0.5, 0.6) is 0 Å². The Bertz CT molecular complexity index is 178. The maximum atomic E-state index is 10.9. The lowest BCUT2D eigenvalue weighted by Crippen LogP contribution is -2.24. The van der Waals surface area contributed by atoms with Crippen LogP contribution in [0.2, 0.25) is 0 Å². The number of halogens is 1. The van der Waals surface area contributed by atoms with Crippen LogP contribution in [-0.4, -0.2) is 25.4 Å². The Morgan fingerprint density at radius 1 is 0.929 bits per heavy atom. The van der Waals surface area contributed by atoms with Crippen LogP contribution in [0.3, 0.4) is 0 Å². The van der Waals surface area contributed by atoms with Gasteiger partial charge in [-0.25, -0.2) is 0 Å². The molecule has 1 heterocycles. The molecule has 0 aromatic rings. The number of cyclic esters (lactones) is 2. The zero-order valence-corrected chi connectivity index (χ0v) is 8.60. The van der Waals surface area contributed by atoms with E-state index in [9.17, 15) is 9.59 Å². The standard InChI is InChI=1S/C8H13NO4.ClH/c10-7-3-1-2-4-8(11)13-6-9-5-12-7;/h9H,1-6H2;1H. The van der Waals surface area contributed by atoms with Crippen LogP contribution in [0.4, 0.5) is 0 Å². The first-order valence-corrected chi connectivity index (χ1v) is 4.31. The molecule has 6 heteroatoms. The van der Waals surface area contributed by atoms with E-state index in [-0.39, 0.29) is 37.8 Å². The molecule has 1 aliphatic heterocycles. The van der Waals surface area contributed by atoms with E-state index in [1.54, 1.807) is 0 Å². The van der Waals surface area contributed by atoms with Crippen LogP contribution in [0, 0.1) is 0 Å². The summed E-state index contributed by atoms with van der Waals surface area (Å²) in [6.45, 7) is 0.207. The summed E-state index contributed by atoms with van der Waals surface area (Å²) in [5.41, 5.74) is 0. The molecular formula is C8H14ClNO4. The molecule has 0 spiro atoms. The average Bonchev–Trinajstić information content (AvgIpc) is 2.14. The fourth-order valence-corrected chi connectivity index (χ4v) is 0.988. The maximum Gasteiger partial charge on any atom is 0.307 e. The van der Waals surface area contributed by atoms with Gasteiger partial charge in [0.25, 0.3) is 0 Å². The van der Waals surface area contributed by atoms with E-state index in [1.807, 2.05) is 0 Å². The second-order valence-electron chi connectivity index (χ2n) is 2.78. The van der Waals surface area contributed by atoms with Gasteiger partial charge in [-0.3, -0.25) is 14.9 Å². The topological polar surface area (TPSA) is 64.6 Å². The highest BCUT2D eigenvalue weighted by Gasteiger charge is 2.07. The highest BCUT2D eigenvalue weighted by molar-refractivity contribution is 5.85. The van der Waals surface area contributed by atoms with Crippen molar-refractivity contribution in [2.24, 2.45) is 0 Å². The SMILES string of the molecule is Cl.O=C1CCCCC(=O)OCNCO1. The fraction of sp³-hybridized carbons (Fsp3) is 0.750. The monoisotopic (exact) mass is 223 g/mol. The van der Waals surface area contributed by atoms with Gasteiger partial charge >= 0.3 is 11.9 Å². The quantitative estimate of drug-likeness (QED) is 0.609. The van der Waals surface area contributed by atoms with Gasteiger partial charge < -0.3 is 9.47 Å². The molecule has 0 aromatic carbocycles. The second kappa shape index (κ2) is 7.58. The lowest BCUT2D eigenvalue weighted by atomic mass is 10.2. The molecule has 0 aromatic heterocycles. The minimum absolute atomic E-state index is 0. The predicted octanol–water partition coefficient (Wildman–Crippen LogP) is 0.573. The molecule has 0 amide bonds. The van der Waals surface area contributed by atoms with Gasteiger partial charge in [0.15, 0.2) is 0 Å². The maximum absolute atomic E-state index is 10.9. The molecule has 1 saturated heterocycles. The van der Waals surface area contributed by atoms with Crippen molar-refractivity contribution >= 4 is 24.3 Å². The molecule has 5 nitrogen and oxygen atoms in total. The Morgan fingerprint density at radius 3 is 1.79 bits per heavy atom. The van der Waals surface area contributed by atoms with Crippen molar-refractivity contribution in [2.45, 2.75) is 25.7 Å². The molecule has 1 rings (SSSR count). The molecule has 0 aliphatic carbocycles. The zero-order chi connectivity index (χ0) is 9.52. The van der Waals surface area contributed by atoms with E-state index in [4.69, 9.17) is 9.47 Å². The van der Waals surface area contributed by atoms with Crippen LogP contribution in [-0.2, 0) is 19.1 Å². The summed E-state index contributed by atoms with van der Waals surface area (Å²) < 4.78 is 9.54. The van der Waals surface area contributed by atoms with Crippen molar-refractivity contribution in [3.8, 4) is 0 Å². The summed E-state index contributed by atoms with van der Waals surface area (Å²) in [4.78, 5) is 21.8. The predicted molar refractivity (Wildman–Crippen MR) is 50.8 cm³/mol. The van der Waals surface area contributed by atoms with Crippen LogP contribution < -0.4 is 5.32 Å². The summed E-state index contributed by atoms with van der Waals surface area (Å²) in [5.74, 6) is -0.469. The minimum Gasteiger partial charge on any atom is -0.450 e. The average molecular weight is 224 g/mol. The Balaban J connectivity index is 0.00000169. The van der Waals surface area contributed by atoms with Crippen molar-refractivity contribution < 1.29 is 19.1 Å². The normalized spacial score (nSPS) is 19.7. The summed E-state index contributed by atoms with van der Waals surface area (Å²) in [5, 5.41) is 2.66. The Kier molecular flexibility index (Phi) is 7.14. The summed E-state index contributed by atoms with van der Waals surface area (Å²) in [7, 11) is 0. The van der Waals surface area contributed by atoms with Gasteiger partial charge in [0.05, 0.1) is 0 Å². The molecule has 0 unspecified atom stereocenters. The molecule has 0 bridgehead atoms. The minimum atomic E-state index is -0.234. The first kappa shape index (κ1) is 13.2. The summed E-state index contributed by atoms with van der Waals surface area (Å²) in [6, 6.07) is 0. The van der Waals surface area contributed by atoms with E-state index in [0.29, 0.717) is 25.7 Å². The van der Waals surface area contributed by atoms with E-state index < -0.39 is 0 Å². The Hall–Kier alpha value is -0.810. The van der Waals surface area contributed by atoms with Crippen LogP contribution in [0.25, 0.3) is 0 Å². The van der Waals surface area contributed by atoms with Gasteiger partial charge in [0.1, 0.15) is 13.5 Å². The third kappa shape index (κ3) is 5.77. The molecule has 1 N–H and O–H groups in total. The number of rotatable bonds is 0. The van der Waals surface area contributed by atoms with E-state index in [1.165, 1.54) is 0 Å². The van der Waals surface area contributed by atoms with Crippen LogP contribution in [0.15, 0.2) is 0 Å². The Labute approximate surface area is 88.5 Å². The van der Waals surface area contributed by atoms with E-state index >= 15 is 0 Å². The highest BCUT2D eigenvalue weighted by Crippen LogP contribution is 2.03. The van der Waals surface area contributed by atoms with Gasteiger partial charge in [-0.05, 0) is 12.8 Å². The number of carbonyl (C=O) groups excluding carboxylic acids is 2. The van der Waals surface area contributed by atoms with Gasteiger partial charge in [0.2, 0.25) is 0 Å². The lowest BCUT2D eigenvalue weighted by Gasteiger charge is -2.04. The van der Waals surface area contributed by atoms with E-state index in [2.05, 4.69) is 5.32 Å². The molecular weight excluding hydrogens is 210 g/mol. The highest BCUT2D eigenvalue weighted by atomic mass is 35.5. The number of carbonyl (C=O) groups is 2. The van der Waals surface area contributed by atoms with Crippen molar-refractivity contribution in [1.29, 1.82) is 0 Å². The number of hydrogen-bond donors (Lipinski definition) is 1. The molecule has 82 valence electrons. The van der Waals surface area contributed by atoms with Crippen molar-refractivity contribution in [2.75, 3.05) is 13.5 Å². The van der Waals surface area contributed by atoms with Crippen molar-refractivity contribution in [1.82, 2.24) is 5.32 Å². The molecule has 0 saturated carbocycles. The van der Waals surface area contributed by atoms with Gasteiger partial charge in [-0.2, -0.15) is 0 Å². The number of hydrogen-bond acceptors (Lipinski definition) is 5. The zero-order valence-electron chi connectivity index (χ0n) is 7.78. The molecule has 1 fully saturated rings. The first-order valence-electron chi connectivity index (χ1n) is 4.31. The van der Waals surface area contributed by atoms with Gasteiger partial charge in [0, 0.05) is 12.8 Å². The third-order valence-electron chi connectivity index (χ3n) is 1.68. The fourth-order valence-electron chi connectivity index (χ4n) is 0.988. The number of esters is 2. The van der Waals surface area contributed by atoms with Gasteiger partial charge in [-0.1, -0.05) is 0 Å². The number of ether oxygens (including phenoxy) is 2. The third-order valence-corrected chi connectivity index (χ3v) is 1.68. The summed E-state index contributed by atoms with van der Waals surface area (Å²) in [6.07, 6.45) is 2.09. The van der Waals surface area contributed by atoms with Crippen molar-refractivity contribution in [3.05, 3.63) is 0 Å². The summed E-state index contributed by atoms with van der Waals surface area (Å²) >= 11 is 0. The molecule has 0 radical (unpaired) electrons. The molecule has 14 heavy (non-hydrogen) atoms. The van der Waals surface area contributed by atoms with Crippen LogP contribution in [0.1, 0.15) is 25.7 Å². The largest absolute Gasteiger partial charge is 0.450 e. The molecule has 1 aliphatic rings. The smallest absolute Gasteiger partial charge is 0.307 e. The van der Waals surface area contributed by atoms with Crippen molar-refractivity contribution in [3.63, 3.8) is 0 Å². The van der Waals surface area contributed by atoms with Crippen LogP contribution >= 0.6 is 12.4 Å². The lowest BCUT2D eigenvalue weighted by molar-refractivity contribution is -0.146. The van der Waals surface area contributed by atoms with Gasteiger partial charge in [-0.15, -0.1) is 12.4 Å².